The van der Waals surface area contributed by atoms with Crippen molar-refractivity contribution < 1.29 is 19.8 Å². The first-order chi connectivity index (χ1) is 7.57. The van der Waals surface area contributed by atoms with Gasteiger partial charge >= 0.3 is 11.9 Å². The molecule has 0 radical (unpaired) electrons. The summed E-state index contributed by atoms with van der Waals surface area (Å²) in [6, 6.07) is 0.597. The molecule has 0 heterocycles. The molecule has 1 rings (SSSR count). The fourth-order valence-electron chi connectivity index (χ4n) is 1.62. The summed E-state index contributed by atoms with van der Waals surface area (Å²) < 4.78 is 0. The Morgan fingerprint density at radius 1 is 0.938 bits per heavy atom. The van der Waals surface area contributed by atoms with Crippen molar-refractivity contribution >= 4 is 11.9 Å². The van der Waals surface area contributed by atoms with Crippen LogP contribution < -0.4 is 11.3 Å². The third-order valence-corrected chi connectivity index (χ3v) is 2.52. The highest BCUT2D eigenvalue weighted by atomic mass is 16.4. The van der Waals surface area contributed by atoms with E-state index in [9.17, 15) is 0 Å². The number of carboxylic acid groups (broad SMARTS) is 2. The van der Waals surface area contributed by atoms with Gasteiger partial charge in [0.05, 0.1) is 0 Å². The van der Waals surface area contributed by atoms with Crippen LogP contribution in [0.1, 0.15) is 44.9 Å². The maximum absolute atomic E-state index is 9.10. The van der Waals surface area contributed by atoms with Crippen LogP contribution in [0.25, 0.3) is 0 Å². The van der Waals surface area contributed by atoms with E-state index in [1.807, 2.05) is 0 Å². The van der Waals surface area contributed by atoms with E-state index in [0.717, 1.165) is 0 Å². The fraction of sp³-hybridized carbons (Fsp3) is 0.800. The molecular weight excluding hydrogens is 212 g/mol. The molecule has 94 valence electrons. The average molecular weight is 232 g/mol. The molecule has 0 aromatic rings. The largest absolute Gasteiger partial charge is 0.473 e. The normalized spacial score (nSPS) is 17.6. The Labute approximate surface area is 94.8 Å². The molecule has 0 aromatic heterocycles. The fourth-order valence-corrected chi connectivity index (χ4v) is 1.62. The SMILES string of the molecule is NNC1CCCCCCC1.O=C(O)C(=O)O. The van der Waals surface area contributed by atoms with E-state index >= 15 is 0 Å². The van der Waals surface area contributed by atoms with Gasteiger partial charge in [0.1, 0.15) is 0 Å². The topological polar surface area (TPSA) is 113 Å². The van der Waals surface area contributed by atoms with Gasteiger partial charge < -0.3 is 10.2 Å². The molecule has 0 aromatic carbocycles. The lowest BCUT2D eigenvalue weighted by atomic mass is 9.97. The van der Waals surface area contributed by atoms with Gasteiger partial charge in [0.25, 0.3) is 0 Å². The Bertz CT molecular complexity index is 201. The highest BCUT2D eigenvalue weighted by molar-refractivity contribution is 6.27. The van der Waals surface area contributed by atoms with Crippen LogP contribution in [-0.2, 0) is 9.59 Å². The summed E-state index contributed by atoms with van der Waals surface area (Å²) in [6.07, 6.45) is 9.49. The molecule has 16 heavy (non-hydrogen) atoms. The molecule has 0 aliphatic heterocycles. The Balaban J connectivity index is 0.000000325. The van der Waals surface area contributed by atoms with E-state index < -0.39 is 11.9 Å². The second-order valence-electron chi connectivity index (χ2n) is 3.82. The van der Waals surface area contributed by atoms with E-state index in [1.54, 1.807) is 0 Å². The van der Waals surface area contributed by atoms with Crippen molar-refractivity contribution in [1.29, 1.82) is 0 Å². The summed E-state index contributed by atoms with van der Waals surface area (Å²) in [5, 5.41) is 14.8. The first kappa shape index (κ1) is 14.9. The highest BCUT2D eigenvalue weighted by Gasteiger charge is 2.07. The number of carbonyl (C=O) groups is 2. The Morgan fingerprint density at radius 3 is 1.62 bits per heavy atom. The van der Waals surface area contributed by atoms with Gasteiger partial charge in [0.15, 0.2) is 0 Å². The van der Waals surface area contributed by atoms with Crippen LogP contribution in [0.15, 0.2) is 0 Å². The molecule has 1 fully saturated rings. The number of hydrazine groups is 1. The van der Waals surface area contributed by atoms with Gasteiger partial charge in [0.2, 0.25) is 0 Å². The van der Waals surface area contributed by atoms with Crippen LogP contribution in [0.2, 0.25) is 0 Å². The van der Waals surface area contributed by atoms with Gasteiger partial charge in [-0.15, -0.1) is 0 Å². The number of aliphatic carboxylic acids is 2. The van der Waals surface area contributed by atoms with E-state index in [4.69, 9.17) is 25.6 Å². The molecule has 0 atom stereocenters. The van der Waals surface area contributed by atoms with Gasteiger partial charge in [-0.3, -0.25) is 11.3 Å². The first-order valence-corrected chi connectivity index (χ1v) is 5.50. The van der Waals surface area contributed by atoms with Gasteiger partial charge in [0, 0.05) is 6.04 Å². The molecule has 1 aliphatic rings. The van der Waals surface area contributed by atoms with Crippen LogP contribution in [0.4, 0.5) is 0 Å². The van der Waals surface area contributed by atoms with Crippen LogP contribution in [0.3, 0.4) is 0 Å². The van der Waals surface area contributed by atoms with Crippen molar-refractivity contribution in [2.45, 2.75) is 51.0 Å². The van der Waals surface area contributed by atoms with E-state index in [-0.39, 0.29) is 0 Å². The van der Waals surface area contributed by atoms with Crippen molar-refractivity contribution in [3.63, 3.8) is 0 Å². The summed E-state index contributed by atoms with van der Waals surface area (Å²) in [4.78, 5) is 18.2. The molecule has 6 nitrogen and oxygen atoms in total. The minimum Gasteiger partial charge on any atom is -0.473 e. The zero-order valence-electron chi connectivity index (χ0n) is 9.32. The van der Waals surface area contributed by atoms with Gasteiger partial charge in [-0.05, 0) is 12.8 Å². The average Bonchev–Trinajstić information content (AvgIpc) is 2.18. The van der Waals surface area contributed by atoms with Crippen LogP contribution in [0.5, 0.6) is 0 Å². The van der Waals surface area contributed by atoms with Crippen LogP contribution in [0, 0.1) is 0 Å². The summed E-state index contributed by atoms with van der Waals surface area (Å²) >= 11 is 0. The van der Waals surface area contributed by atoms with Crippen molar-refractivity contribution in [2.75, 3.05) is 0 Å². The maximum Gasteiger partial charge on any atom is 0.414 e. The molecular formula is C10H20N2O4. The van der Waals surface area contributed by atoms with Gasteiger partial charge in [-0.25, -0.2) is 9.59 Å². The van der Waals surface area contributed by atoms with Crippen molar-refractivity contribution in [3.05, 3.63) is 0 Å². The maximum atomic E-state index is 9.10. The predicted molar refractivity (Wildman–Crippen MR) is 58.7 cm³/mol. The molecule has 1 aliphatic carbocycles. The van der Waals surface area contributed by atoms with Crippen LogP contribution in [-0.4, -0.2) is 28.2 Å². The van der Waals surface area contributed by atoms with Crippen molar-refractivity contribution in [2.24, 2.45) is 5.84 Å². The lowest BCUT2D eigenvalue weighted by molar-refractivity contribution is -0.159. The molecule has 0 amide bonds. The second-order valence-corrected chi connectivity index (χ2v) is 3.82. The van der Waals surface area contributed by atoms with Gasteiger partial charge in [-0.2, -0.15) is 0 Å². The van der Waals surface area contributed by atoms with Crippen molar-refractivity contribution in [3.8, 4) is 0 Å². The Kier molecular flexibility index (Phi) is 8.46. The van der Waals surface area contributed by atoms with Crippen molar-refractivity contribution in [1.82, 2.24) is 5.43 Å². The number of hydrogen-bond acceptors (Lipinski definition) is 4. The smallest absolute Gasteiger partial charge is 0.414 e. The molecule has 6 heteroatoms. The first-order valence-electron chi connectivity index (χ1n) is 5.50. The Morgan fingerprint density at radius 2 is 1.31 bits per heavy atom. The second kappa shape index (κ2) is 9.11. The van der Waals surface area contributed by atoms with Crippen LogP contribution >= 0.6 is 0 Å². The van der Waals surface area contributed by atoms with E-state index in [2.05, 4.69) is 5.43 Å². The molecule has 1 saturated carbocycles. The molecule has 0 spiro atoms. The highest BCUT2D eigenvalue weighted by Crippen LogP contribution is 2.16. The molecule has 5 N–H and O–H groups in total. The monoisotopic (exact) mass is 232 g/mol. The van der Waals surface area contributed by atoms with E-state index in [0.29, 0.717) is 6.04 Å². The number of hydrogen-bond donors (Lipinski definition) is 4. The molecule has 0 saturated heterocycles. The summed E-state index contributed by atoms with van der Waals surface area (Å²) in [5.41, 5.74) is 2.87. The number of carboxylic acids is 2. The quantitative estimate of drug-likeness (QED) is 0.301. The zero-order chi connectivity index (χ0) is 12.4. The standard InChI is InChI=1S/C8H18N2.C2H2O4/c9-10-8-6-4-2-1-3-5-7-8;3-1(4)2(5)6/h8,10H,1-7,9H2;(H,3,4)(H,5,6). The van der Waals surface area contributed by atoms with E-state index in [1.165, 1.54) is 44.9 Å². The zero-order valence-corrected chi connectivity index (χ0v) is 9.32. The number of nitrogens with one attached hydrogen (secondary N) is 1. The number of nitrogens with two attached hydrogens (primary N) is 1. The summed E-state index contributed by atoms with van der Waals surface area (Å²) in [6.45, 7) is 0. The third kappa shape index (κ3) is 8.19. The summed E-state index contributed by atoms with van der Waals surface area (Å²) in [7, 11) is 0. The summed E-state index contributed by atoms with van der Waals surface area (Å²) in [5.74, 6) is 1.73. The van der Waals surface area contributed by atoms with Gasteiger partial charge in [-0.1, -0.05) is 32.1 Å². The Hall–Kier alpha value is -1.14. The lowest BCUT2D eigenvalue weighted by Gasteiger charge is -2.17. The molecule has 0 unspecified atom stereocenters. The third-order valence-electron chi connectivity index (χ3n) is 2.52. The minimum atomic E-state index is -1.82. The lowest BCUT2D eigenvalue weighted by Crippen LogP contribution is -2.35. The number of rotatable bonds is 1. The molecule has 0 bridgehead atoms. The minimum absolute atomic E-state index is 0.597. The predicted octanol–water partition coefficient (Wildman–Crippen LogP) is 0.718.